The predicted octanol–water partition coefficient (Wildman–Crippen LogP) is 2.05. The molecule has 0 aromatic rings. The Morgan fingerprint density at radius 2 is 1.80 bits per heavy atom. The number of nitrogens with two attached hydrogens (primary N) is 1. The molecule has 0 aromatic heterocycles. The lowest BCUT2D eigenvalue weighted by molar-refractivity contribution is 0.586. The smallest absolute Gasteiger partial charge is 0.0463 e. The van der Waals surface area contributed by atoms with E-state index in [1.807, 2.05) is 0 Å². The summed E-state index contributed by atoms with van der Waals surface area (Å²) in [7, 11) is 0. The van der Waals surface area contributed by atoms with Gasteiger partial charge in [-0.2, -0.15) is 0 Å². The molecule has 10 heavy (non-hydrogen) atoms. The zero-order valence-corrected chi connectivity index (χ0v) is 8.97. The highest BCUT2D eigenvalue weighted by Gasteiger charge is 2.28. The van der Waals surface area contributed by atoms with E-state index >= 15 is 0 Å². The minimum absolute atomic E-state index is 0.153. The van der Waals surface area contributed by atoms with Gasteiger partial charge in [-0.15, -0.1) is 0 Å². The molecule has 3 heteroatoms. The predicted molar refractivity (Wildman–Crippen MR) is 51.7 cm³/mol. The average Bonchev–Trinajstić information content (AvgIpc) is 1.93. The SMILES string of the molecule is CC1C=CC(N)C(Br)C1Br. The van der Waals surface area contributed by atoms with Gasteiger partial charge in [-0.25, -0.2) is 0 Å². The maximum absolute atomic E-state index is 5.77. The van der Waals surface area contributed by atoms with Gasteiger partial charge < -0.3 is 5.73 Å². The van der Waals surface area contributed by atoms with Crippen LogP contribution in [0.1, 0.15) is 6.92 Å². The van der Waals surface area contributed by atoms with Crippen LogP contribution in [0.4, 0.5) is 0 Å². The second-order valence-corrected chi connectivity index (χ2v) is 4.82. The molecule has 0 saturated heterocycles. The fourth-order valence-electron chi connectivity index (χ4n) is 1.02. The summed E-state index contributed by atoms with van der Waals surface area (Å²) in [5, 5.41) is 0. The summed E-state index contributed by atoms with van der Waals surface area (Å²) in [6.07, 6.45) is 4.21. The molecule has 1 rings (SSSR count). The van der Waals surface area contributed by atoms with E-state index in [1.54, 1.807) is 0 Å². The lowest BCUT2D eigenvalue weighted by atomic mass is 9.95. The molecule has 0 saturated carbocycles. The van der Waals surface area contributed by atoms with E-state index in [2.05, 4.69) is 50.9 Å². The van der Waals surface area contributed by atoms with Gasteiger partial charge in [-0.1, -0.05) is 50.9 Å². The van der Waals surface area contributed by atoms with Crippen molar-refractivity contribution in [3.8, 4) is 0 Å². The Balaban J connectivity index is 2.69. The quantitative estimate of drug-likeness (QED) is 0.528. The molecule has 0 bridgehead atoms. The third-order valence-electron chi connectivity index (χ3n) is 1.81. The van der Waals surface area contributed by atoms with Gasteiger partial charge in [0.2, 0.25) is 0 Å². The number of allylic oxidation sites excluding steroid dienone is 1. The molecule has 1 nitrogen and oxygen atoms in total. The van der Waals surface area contributed by atoms with Crippen LogP contribution in [0.15, 0.2) is 12.2 Å². The molecule has 58 valence electrons. The zero-order valence-electron chi connectivity index (χ0n) is 5.80. The number of halogens is 2. The van der Waals surface area contributed by atoms with Crippen LogP contribution >= 0.6 is 31.9 Å². The number of rotatable bonds is 0. The van der Waals surface area contributed by atoms with E-state index in [0.717, 1.165) is 0 Å². The van der Waals surface area contributed by atoms with Gasteiger partial charge >= 0.3 is 0 Å². The Bertz CT molecular complexity index is 131. The third-order valence-corrected chi connectivity index (χ3v) is 5.10. The van der Waals surface area contributed by atoms with E-state index in [4.69, 9.17) is 5.73 Å². The molecular formula is C7H11Br2N. The summed E-state index contributed by atoms with van der Waals surface area (Å²) in [4.78, 5) is 0.833. The van der Waals surface area contributed by atoms with Crippen molar-refractivity contribution >= 4 is 31.9 Å². The van der Waals surface area contributed by atoms with Crippen molar-refractivity contribution < 1.29 is 0 Å². The van der Waals surface area contributed by atoms with Gasteiger partial charge in [0, 0.05) is 15.7 Å². The first-order valence-corrected chi connectivity index (χ1v) is 5.18. The van der Waals surface area contributed by atoms with Crippen molar-refractivity contribution in [2.75, 3.05) is 0 Å². The van der Waals surface area contributed by atoms with Crippen LogP contribution in [-0.4, -0.2) is 15.7 Å². The molecule has 1 aliphatic carbocycles. The monoisotopic (exact) mass is 267 g/mol. The molecule has 0 spiro atoms. The van der Waals surface area contributed by atoms with Gasteiger partial charge in [0.1, 0.15) is 0 Å². The summed E-state index contributed by atoms with van der Waals surface area (Å²) < 4.78 is 0. The molecule has 0 amide bonds. The van der Waals surface area contributed by atoms with Crippen LogP contribution in [0.3, 0.4) is 0 Å². The second kappa shape index (κ2) is 3.37. The first-order chi connectivity index (χ1) is 4.63. The number of hydrogen-bond acceptors (Lipinski definition) is 1. The topological polar surface area (TPSA) is 26.0 Å². The highest BCUT2D eigenvalue weighted by Crippen LogP contribution is 2.29. The van der Waals surface area contributed by atoms with E-state index in [0.29, 0.717) is 15.6 Å². The number of alkyl halides is 2. The Hall–Kier alpha value is 0.660. The standard InChI is InChI=1S/C7H11Br2N/c1-4-2-3-5(10)7(9)6(4)8/h2-7H,10H2,1H3. The molecule has 0 radical (unpaired) electrons. The summed E-state index contributed by atoms with van der Waals surface area (Å²) >= 11 is 7.12. The molecular weight excluding hydrogens is 258 g/mol. The average molecular weight is 269 g/mol. The van der Waals surface area contributed by atoms with Gasteiger partial charge in [-0.05, 0) is 5.92 Å². The lowest BCUT2D eigenvalue weighted by Crippen LogP contribution is -2.40. The van der Waals surface area contributed by atoms with Crippen LogP contribution in [0.25, 0.3) is 0 Å². The maximum atomic E-state index is 5.77. The maximum Gasteiger partial charge on any atom is 0.0463 e. The van der Waals surface area contributed by atoms with Crippen molar-refractivity contribution in [1.82, 2.24) is 0 Å². The Morgan fingerprint density at radius 1 is 1.20 bits per heavy atom. The largest absolute Gasteiger partial charge is 0.323 e. The highest BCUT2D eigenvalue weighted by atomic mass is 79.9. The Labute approximate surface area is 78.3 Å². The van der Waals surface area contributed by atoms with Crippen LogP contribution in [0.2, 0.25) is 0 Å². The fraction of sp³-hybridized carbons (Fsp3) is 0.714. The molecule has 2 N–H and O–H groups in total. The Kier molecular flexibility index (Phi) is 2.95. The molecule has 0 heterocycles. The van der Waals surface area contributed by atoms with Crippen LogP contribution in [0, 0.1) is 5.92 Å². The van der Waals surface area contributed by atoms with E-state index in [1.165, 1.54) is 0 Å². The highest BCUT2D eigenvalue weighted by molar-refractivity contribution is 9.12. The van der Waals surface area contributed by atoms with E-state index < -0.39 is 0 Å². The van der Waals surface area contributed by atoms with Crippen LogP contribution in [-0.2, 0) is 0 Å². The van der Waals surface area contributed by atoms with E-state index in [9.17, 15) is 0 Å². The fourth-order valence-corrected chi connectivity index (χ4v) is 2.20. The minimum atomic E-state index is 0.153. The molecule has 4 atom stereocenters. The van der Waals surface area contributed by atoms with Gasteiger partial charge in [0.25, 0.3) is 0 Å². The summed E-state index contributed by atoms with van der Waals surface area (Å²) in [5.74, 6) is 0.573. The second-order valence-electron chi connectivity index (χ2n) is 2.71. The summed E-state index contributed by atoms with van der Waals surface area (Å²) in [6.45, 7) is 2.18. The van der Waals surface area contributed by atoms with Crippen molar-refractivity contribution in [1.29, 1.82) is 0 Å². The van der Waals surface area contributed by atoms with Crippen LogP contribution in [0.5, 0.6) is 0 Å². The van der Waals surface area contributed by atoms with Gasteiger partial charge in [-0.3, -0.25) is 0 Å². The summed E-state index contributed by atoms with van der Waals surface area (Å²) in [5.41, 5.74) is 5.77. The van der Waals surface area contributed by atoms with Crippen LogP contribution < -0.4 is 5.73 Å². The zero-order chi connectivity index (χ0) is 7.72. The molecule has 0 aromatic carbocycles. The Morgan fingerprint density at radius 3 is 2.30 bits per heavy atom. The molecule has 0 aliphatic heterocycles. The van der Waals surface area contributed by atoms with E-state index in [-0.39, 0.29) is 6.04 Å². The first-order valence-electron chi connectivity index (χ1n) is 3.35. The van der Waals surface area contributed by atoms with Crippen molar-refractivity contribution in [2.24, 2.45) is 11.7 Å². The van der Waals surface area contributed by atoms with Gasteiger partial charge in [0.15, 0.2) is 0 Å². The molecule has 0 fully saturated rings. The van der Waals surface area contributed by atoms with Gasteiger partial charge in [0.05, 0.1) is 0 Å². The van der Waals surface area contributed by atoms with Crippen molar-refractivity contribution in [3.05, 3.63) is 12.2 Å². The number of hydrogen-bond donors (Lipinski definition) is 1. The van der Waals surface area contributed by atoms with Crippen molar-refractivity contribution in [3.63, 3.8) is 0 Å². The lowest BCUT2D eigenvalue weighted by Gasteiger charge is -2.28. The third kappa shape index (κ3) is 1.63. The molecule has 4 unspecified atom stereocenters. The normalized spacial score (nSPS) is 47.6. The molecule has 1 aliphatic rings. The van der Waals surface area contributed by atoms with Crippen molar-refractivity contribution in [2.45, 2.75) is 22.6 Å². The summed E-state index contributed by atoms with van der Waals surface area (Å²) in [6, 6.07) is 0.153. The first kappa shape index (κ1) is 8.75. The minimum Gasteiger partial charge on any atom is -0.323 e.